The Morgan fingerprint density at radius 3 is 2.62 bits per heavy atom. The molecule has 0 spiro atoms. The van der Waals surface area contributed by atoms with Gasteiger partial charge in [0, 0.05) is 16.9 Å². The van der Waals surface area contributed by atoms with E-state index in [9.17, 15) is 4.79 Å². The summed E-state index contributed by atoms with van der Waals surface area (Å²) in [5.74, 6) is 1.44. The van der Waals surface area contributed by atoms with E-state index in [1.165, 1.54) is 11.8 Å². The molecular weight excluding hydrogens is 344 g/mol. The zero-order valence-electron chi connectivity index (χ0n) is 14.5. The highest BCUT2D eigenvalue weighted by atomic mass is 32.2. The van der Waals surface area contributed by atoms with Crippen LogP contribution in [0.5, 0.6) is 11.5 Å². The summed E-state index contributed by atoms with van der Waals surface area (Å²) >= 11 is 3.00. The van der Waals surface area contributed by atoms with E-state index in [2.05, 4.69) is 31.1 Å². The maximum absolute atomic E-state index is 12.2. The Kier molecular flexibility index (Phi) is 6.12. The fourth-order valence-electron chi connectivity index (χ4n) is 1.88. The molecule has 0 aliphatic heterocycles. The molecule has 0 fully saturated rings. The molecule has 0 aliphatic carbocycles. The van der Waals surface area contributed by atoms with Gasteiger partial charge in [0.25, 0.3) is 0 Å². The number of thioether (sulfide) groups is 1. The quantitative estimate of drug-likeness (QED) is 0.777. The van der Waals surface area contributed by atoms with Gasteiger partial charge in [0.2, 0.25) is 5.91 Å². The fourth-order valence-corrected chi connectivity index (χ4v) is 3.74. The number of amides is 1. The third-order valence-corrected chi connectivity index (χ3v) is 5.28. The number of hydrogen-bond donors (Lipinski definition) is 1. The molecule has 1 aromatic carbocycles. The third kappa shape index (κ3) is 4.88. The monoisotopic (exact) mass is 366 g/mol. The molecular formula is C17H22N2O3S2. The zero-order chi connectivity index (χ0) is 17.7. The smallest absolute Gasteiger partial charge is 0.234 e. The van der Waals surface area contributed by atoms with Crippen molar-refractivity contribution in [1.29, 1.82) is 0 Å². The Morgan fingerprint density at radius 2 is 2.04 bits per heavy atom. The molecule has 0 bridgehead atoms. The first-order valence-electron chi connectivity index (χ1n) is 7.44. The van der Waals surface area contributed by atoms with Gasteiger partial charge in [-0.05, 0) is 12.1 Å². The van der Waals surface area contributed by atoms with E-state index in [1.54, 1.807) is 43.8 Å². The molecule has 0 radical (unpaired) electrons. The summed E-state index contributed by atoms with van der Waals surface area (Å²) in [6.45, 7) is 6.37. The lowest BCUT2D eigenvalue weighted by atomic mass is 9.93. The number of hydrogen-bond acceptors (Lipinski definition) is 6. The van der Waals surface area contributed by atoms with E-state index >= 15 is 0 Å². The van der Waals surface area contributed by atoms with Gasteiger partial charge in [-0.15, -0.1) is 11.3 Å². The van der Waals surface area contributed by atoms with E-state index in [-0.39, 0.29) is 11.3 Å². The standard InChI is InChI=1S/C17H22N2O3S2/c1-17(2,3)14-9-23-16(19-14)24-10-15(20)18-12-7-6-11(21-4)8-13(12)22-5/h6-9H,10H2,1-5H3,(H,18,20). The van der Waals surface area contributed by atoms with Crippen molar-refractivity contribution in [2.24, 2.45) is 0 Å². The van der Waals surface area contributed by atoms with Crippen molar-refractivity contribution in [3.63, 3.8) is 0 Å². The van der Waals surface area contributed by atoms with Crippen LogP contribution in [0.2, 0.25) is 0 Å². The van der Waals surface area contributed by atoms with Gasteiger partial charge in [-0.3, -0.25) is 4.79 Å². The number of rotatable bonds is 6. The number of aromatic nitrogens is 1. The van der Waals surface area contributed by atoms with Crippen LogP contribution < -0.4 is 14.8 Å². The van der Waals surface area contributed by atoms with Gasteiger partial charge >= 0.3 is 0 Å². The van der Waals surface area contributed by atoms with Crippen LogP contribution in [0.1, 0.15) is 26.5 Å². The van der Waals surface area contributed by atoms with Crippen LogP contribution in [-0.4, -0.2) is 30.9 Å². The van der Waals surface area contributed by atoms with E-state index in [4.69, 9.17) is 9.47 Å². The van der Waals surface area contributed by atoms with Crippen LogP contribution in [0.25, 0.3) is 0 Å². The van der Waals surface area contributed by atoms with Crippen molar-refractivity contribution in [1.82, 2.24) is 4.98 Å². The first kappa shape index (κ1) is 18.6. The number of methoxy groups -OCH3 is 2. The van der Waals surface area contributed by atoms with Crippen LogP contribution in [-0.2, 0) is 10.2 Å². The lowest BCUT2D eigenvalue weighted by Gasteiger charge is -2.14. The summed E-state index contributed by atoms with van der Waals surface area (Å²) in [7, 11) is 3.15. The molecule has 0 saturated carbocycles. The van der Waals surface area contributed by atoms with Crippen molar-refractivity contribution in [2.75, 3.05) is 25.3 Å². The molecule has 1 N–H and O–H groups in total. The minimum absolute atomic E-state index is 0.0219. The van der Waals surface area contributed by atoms with Crippen molar-refractivity contribution in [2.45, 2.75) is 30.5 Å². The number of nitrogens with zero attached hydrogens (tertiary/aromatic N) is 1. The Bertz CT molecular complexity index is 708. The highest BCUT2D eigenvalue weighted by Crippen LogP contribution is 2.31. The number of thiazole rings is 1. The average molecular weight is 367 g/mol. The van der Waals surface area contributed by atoms with Gasteiger partial charge in [0.15, 0.2) is 4.34 Å². The van der Waals surface area contributed by atoms with Crippen molar-refractivity contribution in [3.8, 4) is 11.5 Å². The molecule has 0 aliphatic rings. The maximum Gasteiger partial charge on any atom is 0.234 e. The number of benzene rings is 1. The summed E-state index contributed by atoms with van der Waals surface area (Å²) in [4.78, 5) is 16.7. The highest BCUT2D eigenvalue weighted by Gasteiger charge is 2.18. The molecule has 7 heteroatoms. The van der Waals surface area contributed by atoms with Gasteiger partial charge in [0.1, 0.15) is 11.5 Å². The first-order chi connectivity index (χ1) is 11.3. The molecule has 5 nitrogen and oxygen atoms in total. The molecule has 24 heavy (non-hydrogen) atoms. The number of nitrogens with one attached hydrogen (secondary N) is 1. The van der Waals surface area contributed by atoms with E-state index in [1.807, 2.05) is 5.38 Å². The molecule has 1 heterocycles. The number of carbonyl (C=O) groups excluding carboxylic acids is 1. The Labute approximate surface area is 150 Å². The SMILES string of the molecule is COc1ccc(NC(=O)CSc2nc(C(C)(C)C)cs2)c(OC)c1. The Hall–Kier alpha value is -1.73. The Morgan fingerprint density at radius 1 is 1.29 bits per heavy atom. The molecule has 1 amide bonds. The van der Waals surface area contributed by atoms with Crippen LogP contribution in [0.15, 0.2) is 27.9 Å². The van der Waals surface area contributed by atoms with E-state index in [0.717, 1.165) is 10.0 Å². The van der Waals surface area contributed by atoms with Gasteiger partial charge in [-0.1, -0.05) is 32.5 Å². The molecule has 1 aromatic heterocycles. The van der Waals surface area contributed by atoms with Crippen LogP contribution >= 0.6 is 23.1 Å². The second-order valence-corrected chi connectivity index (χ2v) is 8.23. The summed E-state index contributed by atoms with van der Waals surface area (Å²) in [5, 5.41) is 4.90. The summed E-state index contributed by atoms with van der Waals surface area (Å²) in [6, 6.07) is 5.28. The normalized spacial score (nSPS) is 11.2. The van der Waals surface area contributed by atoms with Crippen molar-refractivity contribution >= 4 is 34.7 Å². The third-order valence-electron chi connectivity index (χ3n) is 3.26. The summed E-state index contributed by atoms with van der Waals surface area (Å²) in [6.07, 6.45) is 0. The van der Waals surface area contributed by atoms with Crippen LogP contribution in [0, 0.1) is 0 Å². The molecule has 130 valence electrons. The second kappa shape index (κ2) is 7.90. The number of ether oxygens (including phenoxy) is 2. The van der Waals surface area contributed by atoms with Crippen LogP contribution in [0.3, 0.4) is 0 Å². The van der Waals surface area contributed by atoms with Gasteiger partial charge in [-0.25, -0.2) is 4.98 Å². The van der Waals surface area contributed by atoms with Gasteiger partial charge < -0.3 is 14.8 Å². The highest BCUT2D eigenvalue weighted by molar-refractivity contribution is 8.01. The Balaban J connectivity index is 1.95. The molecule has 0 unspecified atom stereocenters. The molecule has 2 aromatic rings. The summed E-state index contributed by atoms with van der Waals surface area (Å²) in [5.41, 5.74) is 1.69. The van der Waals surface area contributed by atoms with E-state index in [0.29, 0.717) is 22.9 Å². The van der Waals surface area contributed by atoms with Crippen molar-refractivity contribution in [3.05, 3.63) is 29.3 Å². The molecule has 0 atom stereocenters. The predicted octanol–water partition coefficient (Wildman–Crippen LogP) is 4.19. The largest absolute Gasteiger partial charge is 0.497 e. The lowest BCUT2D eigenvalue weighted by molar-refractivity contribution is -0.113. The molecule has 2 rings (SSSR count). The minimum atomic E-state index is -0.101. The maximum atomic E-state index is 12.2. The fraction of sp³-hybridized carbons (Fsp3) is 0.412. The van der Waals surface area contributed by atoms with Gasteiger partial charge in [0.05, 0.1) is 31.4 Å². The zero-order valence-corrected chi connectivity index (χ0v) is 16.1. The average Bonchev–Trinajstić information content (AvgIpc) is 3.02. The topological polar surface area (TPSA) is 60.5 Å². The van der Waals surface area contributed by atoms with Crippen LogP contribution in [0.4, 0.5) is 5.69 Å². The molecule has 0 saturated heterocycles. The second-order valence-electron chi connectivity index (χ2n) is 6.15. The first-order valence-corrected chi connectivity index (χ1v) is 9.30. The number of carbonyl (C=O) groups is 1. The van der Waals surface area contributed by atoms with Crippen molar-refractivity contribution < 1.29 is 14.3 Å². The van der Waals surface area contributed by atoms with E-state index < -0.39 is 0 Å². The predicted molar refractivity (Wildman–Crippen MR) is 99.7 cm³/mol. The number of anilines is 1. The summed E-state index contributed by atoms with van der Waals surface area (Å²) < 4.78 is 11.3. The lowest BCUT2D eigenvalue weighted by Crippen LogP contribution is -2.15. The minimum Gasteiger partial charge on any atom is -0.497 e. The van der Waals surface area contributed by atoms with Gasteiger partial charge in [-0.2, -0.15) is 0 Å².